The molecule has 0 saturated carbocycles. The number of rotatable bonds is 8. The second kappa shape index (κ2) is 7.97. The Morgan fingerprint density at radius 2 is 2.20 bits per heavy atom. The van der Waals surface area contributed by atoms with Crippen molar-refractivity contribution in [2.75, 3.05) is 37.1 Å². The van der Waals surface area contributed by atoms with Gasteiger partial charge in [-0.3, -0.25) is 0 Å². The van der Waals surface area contributed by atoms with Crippen molar-refractivity contribution in [3.63, 3.8) is 0 Å². The number of aliphatic hydroxyl groups excluding tert-OH is 1. The fraction of sp³-hybridized carbons (Fsp3) is 0.400. The Bertz CT molecular complexity index is 548. The van der Waals surface area contributed by atoms with E-state index in [4.69, 9.17) is 9.84 Å². The van der Waals surface area contributed by atoms with Crippen LogP contribution >= 0.6 is 11.8 Å². The first-order valence-electron chi connectivity index (χ1n) is 6.70. The highest BCUT2D eigenvalue weighted by Crippen LogP contribution is 2.25. The Labute approximate surface area is 123 Å². The van der Waals surface area contributed by atoms with Gasteiger partial charge in [0, 0.05) is 30.5 Å². The third-order valence-corrected chi connectivity index (χ3v) is 4.03. The number of nitrogens with zero attached hydrogens (tertiary/aromatic N) is 1. The van der Waals surface area contributed by atoms with Crippen molar-refractivity contribution >= 4 is 28.4 Å². The van der Waals surface area contributed by atoms with Gasteiger partial charge in [-0.2, -0.15) is 11.8 Å². The lowest BCUT2D eigenvalue weighted by Gasteiger charge is -2.09. The van der Waals surface area contributed by atoms with Crippen LogP contribution in [0.2, 0.25) is 0 Å². The predicted octanol–water partition coefficient (Wildman–Crippen LogP) is 2.77. The van der Waals surface area contributed by atoms with Crippen molar-refractivity contribution in [1.29, 1.82) is 0 Å². The molecular weight excluding hydrogens is 272 g/mol. The monoisotopic (exact) mass is 292 g/mol. The maximum atomic E-state index is 8.72. The molecule has 0 aliphatic heterocycles. The van der Waals surface area contributed by atoms with Crippen LogP contribution in [0.25, 0.3) is 10.8 Å². The Hall–Kier alpha value is -1.46. The van der Waals surface area contributed by atoms with Crippen LogP contribution in [0.15, 0.2) is 30.5 Å². The summed E-state index contributed by atoms with van der Waals surface area (Å²) in [5.74, 6) is 3.73. The average molecular weight is 292 g/mol. The Kier molecular flexibility index (Phi) is 5.95. The molecule has 1 aromatic carbocycles. The van der Waals surface area contributed by atoms with E-state index in [0.717, 1.165) is 46.8 Å². The molecule has 2 rings (SSSR count). The van der Waals surface area contributed by atoms with Gasteiger partial charge in [0.1, 0.15) is 11.6 Å². The Morgan fingerprint density at radius 3 is 3.00 bits per heavy atom. The summed E-state index contributed by atoms with van der Waals surface area (Å²) >= 11 is 1.84. The molecule has 0 aliphatic rings. The van der Waals surface area contributed by atoms with Gasteiger partial charge in [0.05, 0.1) is 7.11 Å². The van der Waals surface area contributed by atoms with E-state index in [-0.39, 0.29) is 6.61 Å². The molecule has 5 heteroatoms. The first-order chi connectivity index (χ1) is 9.85. The number of ether oxygens (including phenoxy) is 1. The predicted molar refractivity (Wildman–Crippen MR) is 85.8 cm³/mol. The molecule has 0 atom stereocenters. The molecular formula is C15H20N2O2S. The molecule has 20 heavy (non-hydrogen) atoms. The first-order valence-corrected chi connectivity index (χ1v) is 7.86. The number of hydrogen-bond acceptors (Lipinski definition) is 5. The number of aromatic nitrogens is 1. The standard InChI is InChI=1S/C15H20N2O2S/c1-19-13-4-3-12-5-6-16-15(14(12)11-13)17-7-10-20-9-2-8-18/h3-6,11,18H,2,7-10H2,1H3,(H,16,17). The third kappa shape index (κ3) is 4.02. The highest BCUT2D eigenvalue weighted by molar-refractivity contribution is 7.99. The number of pyridine rings is 1. The highest BCUT2D eigenvalue weighted by Gasteiger charge is 2.03. The minimum atomic E-state index is 0.269. The lowest BCUT2D eigenvalue weighted by atomic mass is 10.1. The molecule has 4 nitrogen and oxygen atoms in total. The summed E-state index contributed by atoms with van der Waals surface area (Å²) in [6.45, 7) is 1.13. The normalized spacial score (nSPS) is 10.7. The van der Waals surface area contributed by atoms with Gasteiger partial charge in [0.2, 0.25) is 0 Å². The van der Waals surface area contributed by atoms with Crippen LogP contribution in [0.3, 0.4) is 0 Å². The molecule has 0 bridgehead atoms. The SMILES string of the molecule is COc1ccc2ccnc(NCCSCCCO)c2c1. The maximum absolute atomic E-state index is 8.72. The molecule has 0 amide bonds. The number of nitrogens with one attached hydrogen (secondary N) is 1. The van der Waals surface area contributed by atoms with Gasteiger partial charge in [0.25, 0.3) is 0 Å². The number of hydrogen-bond donors (Lipinski definition) is 2. The summed E-state index contributed by atoms with van der Waals surface area (Å²) in [7, 11) is 1.67. The molecule has 0 saturated heterocycles. The minimum Gasteiger partial charge on any atom is -0.497 e. The largest absolute Gasteiger partial charge is 0.497 e. The maximum Gasteiger partial charge on any atom is 0.133 e. The van der Waals surface area contributed by atoms with E-state index < -0.39 is 0 Å². The second-order valence-electron chi connectivity index (χ2n) is 4.36. The Morgan fingerprint density at radius 1 is 1.30 bits per heavy atom. The van der Waals surface area contributed by atoms with E-state index in [1.165, 1.54) is 0 Å². The Balaban J connectivity index is 1.98. The van der Waals surface area contributed by atoms with Gasteiger partial charge in [-0.1, -0.05) is 6.07 Å². The summed E-state index contributed by atoms with van der Waals surface area (Å²) in [6, 6.07) is 7.99. The van der Waals surface area contributed by atoms with Crippen LogP contribution in [0.5, 0.6) is 5.75 Å². The van der Waals surface area contributed by atoms with Crippen molar-refractivity contribution in [1.82, 2.24) is 4.98 Å². The van der Waals surface area contributed by atoms with E-state index in [0.29, 0.717) is 0 Å². The summed E-state index contributed by atoms with van der Waals surface area (Å²) in [4.78, 5) is 4.40. The quantitative estimate of drug-likeness (QED) is 0.733. The van der Waals surface area contributed by atoms with Crippen molar-refractivity contribution in [3.8, 4) is 5.75 Å². The fourth-order valence-electron chi connectivity index (χ4n) is 1.93. The zero-order valence-electron chi connectivity index (χ0n) is 11.6. The van der Waals surface area contributed by atoms with Gasteiger partial charge < -0.3 is 15.2 Å². The van der Waals surface area contributed by atoms with E-state index in [9.17, 15) is 0 Å². The van der Waals surface area contributed by atoms with E-state index >= 15 is 0 Å². The summed E-state index contributed by atoms with van der Waals surface area (Å²) < 4.78 is 5.26. The zero-order valence-corrected chi connectivity index (χ0v) is 12.4. The fourth-order valence-corrected chi connectivity index (χ4v) is 2.71. The number of fused-ring (bicyclic) bond motifs is 1. The third-order valence-electron chi connectivity index (χ3n) is 2.96. The molecule has 0 unspecified atom stereocenters. The van der Waals surface area contributed by atoms with Crippen LogP contribution in [0, 0.1) is 0 Å². The minimum absolute atomic E-state index is 0.269. The van der Waals surface area contributed by atoms with Crippen molar-refractivity contribution in [2.45, 2.75) is 6.42 Å². The lowest BCUT2D eigenvalue weighted by molar-refractivity contribution is 0.296. The molecule has 1 aromatic heterocycles. The molecule has 1 heterocycles. The molecule has 0 radical (unpaired) electrons. The van der Waals surface area contributed by atoms with Crippen molar-refractivity contribution in [2.24, 2.45) is 0 Å². The second-order valence-corrected chi connectivity index (χ2v) is 5.59. The van der Waals surface area contributed by atoms with Crippen molar-refractivity contribution < 1.29 is 9.84 Å². The smallest absolute Gasteiger partial charge is 0.133 e. The van der Waals surface area contributed by atoms with Gasteiger partial charge in [-0.05, 0) is 35.8 Å². The van der Waals surface area contributed by atoms with Gasteiger partial charge in [-0.25, -0.2) is 4.98 Å². The van der Waals surface area contributed by atoms with Crippen LogP contribution in [-0.4, -0.2) is 41.9 Å². The number of benzene rings is 1. The number of thioether (sulfide) groups is 1. The van der Waals surface area contributed by atoms with Gasteiger partial charge in [-0.15, -0.1) is 0 Å². The summed E-state index contributed by atoms with van der Waals surface area (Å²) in [6.07, 6.45) is 2.67. The average Bonchev–Trinajstić information content (AvgIpc) is 2.50. The van der Waals surface area contributed by atoms with Gasteiger partial charge in [0.15, 0.2) is 0 Å². The van der Waals surface area contributed by atoms with E-state index in [1.807, 2.05) is 42.2 Å². The van der Waals surface area contributed by atoms with E-state index in [1.54, 1.807) is 7.11 Å². The molecule has 0 aliphatic carbocycles. The lowest BCUT2D eigenvalue weighted by Crippen LogP contribution is -2.06. The van der Waals surface area contributed by atoms with Crippen LogP contribution < -0.4 is 10.1 Å². The van der Waals surface area contributed by atoms with E-state index in [2.05, 4.69) is 10.3 Å². The number of methoxy groups -OCH3 is 1. The van der Waals surface area contributed by atoms with Crippen LogP contribution in [-0.2, 0) is 0 Å². The molecule has 2 N–H and O–H groups in total. The summed E-state index contributed by atoms with van der Waals surface area (Å²) in [5, 5.41) is 14.3. The number of aliphatic hydroxyl groups is 1. The zero-order chi connectivity index (χ0) is 14.2. The highest BCUT2D eigenvalue weighted by atomic mass is 32.2. The van der Waals surface area contributed by atoms with Crippen molar-refractivity contribution in [3.05, 3.63) is 30.5 Å². The molecule has 0 fully saturated rings. The van der Waals surface area contributed by atoms with Gasteiger partial charge >= 0.3 is 0 Å². The number of anilines is 1. The first kappa shape index (κ1) is 14.9. The topological polar surface area (TPSA) is 54.4 Å². The van der Waals surface area contributed by atoms with Crippen LogP contribution in [0.4, 0.5) is 5.82 Å². The molecule has 108 valence electrons. The molecule has 0 spiro atoms. The molecule has 2 aromatic rings. The summed E-state index contributed by atoms with van der Waals surface area (Å²) in [5.41, 5.74) is 0. The van der Waals surface area contributed by atoms with Crippen LogP contribution in [0.1, 0.15) is 6.42 Å².